The lowest BCUT2D eigenvalue weighted by Crippen LogP contribution is -2.46. The molecule has 0 fully saturated rings. The van der Waals surface area contributed by atoms with Gasteiger partial charge in [-0.1, -0.05) is 20.8 Å². The molecule has 0 aliphatic carbocycles. The Morgan fingerprint density at radius 1 is 1.16 bits per heavy atom. The van der Waals surface area contributed by atoms with E-state index in [0.29, 0.717) is 5.56 Å². The zero-order chi connectivity index (χ0) is 14.9. The molecule has 1 aromatic rings. The minimum Gasteiger partial charge on any atom is -0.406 e. The molecule has 0 atom stereocenters. The summed E-state index contributed by atoms with van der Waals surface area (Å²) in [4.78, 5) is 15.0. The lowest BCUT2D eigenvalue weighted by Gasteiger charge is -2.42. The molecule has 0 unspecified atom stereocenters. The zero-order valence-electron chi connectivity index (χ0n) is 13.1. The molecule has 1 aromatic heterocycles. The summed E-state index contributed by atoms with van der Waals surface area (Å²) in [6.07, 6.45) is 2.40. The molecule has 0 aliphatic rings. The molecule has 0 saturated carbocycles. The van der Waals surface area contributed by atoms with Gasteiger partial charge in [0.2, 0.25) is 0 Å². The van der Waals surface area contributed by atoms with E-state index in [1.54, 1.807) is 12.3 Å². The maximum absolute atomic E-state index is 10.7. The number of rotatable bonds is 4. The highest BCUT2D eigenvalue weighted by Crippen LogP contribution is 2.41. The molecule has 0 aromatic carbocycles. The van der Waals surface area contributed by atoms with Crippen molar-refractivity contribution in [1.82, 2.24) is 4.98 Å². The van der Waals surface area contributed by atoms with E-state index in [4.69, 9.17) is 4.43 Å². The van der Waals surface area contributed by atoms with Crippen LogP contribution < -0.4 is 0 Å². The third kappa shape index (κ3) is 3.73. The molecule has 0 amide bonds. The van der Waals surface area contributed by atoms with Crippen molar-refractivity contribution < 1.29 is 9.22 Å². The van der Waals surface area contributed by atoms with Crippen molar-refractivity contribution in [3.05, 3.63) is 29.6 Å². The van der Waals surface area contributed by atoms with Gasteiger partial charge < -0.3 is 4.43 Å². The Kier molecular flexibility index (Phi) is 4.37. The number of pyridine rings is 1. The Bertz CT molecular complexity index is 444. The molecule has 0 N–H and O–H groups in total. The maximum Gasteiger partial charge on any atom is 0.193 e. The van der Waals surface area contributed by atoms with Gasteiger partial charge in [-0.05, 0) is 44.1 Å². The summed E-state index contributed by atoms with van der Waals surface area (Å²) in [5.74, 6) is 0. The Morgan fingerprint density at radius 3 is 2.11 bits per heavy atom. The van der Waals surface area contributed by atoms with Crippen LogP contribution in [0.3, 0.4) is 0 Å². The lowest BCUT2D eigenvalue weighted by molar-refractivity contribution is 0.0855. The summed E-state index contributed by atoms with van der Waals surface area (Å²) < 4.78 is 6.44. The van der Waals surface area contributed by atoms with Crippen molar-refractivity contribution in [2.24, 2.45) is 0 Å². The Morgan fingerprint density at radius 2 is 1.74 bits per heavy atom. The molecule has 19 heavy (non-hydrogen) atoms. The quantitative estimate of drug-likeness (QED) is 0.614. The van der Waals surface area contributed by atoms with Crippen molar-refractivity contribution in [1.29, 1.82) is 0 Å². The van der Waals surface area contributed by atoms with Crippen LogP contribution >= 0.6 is 0 Å². The van der Waals surface area contributed by atoms with E-state index < -0.39 is 13.9 Å². The molecule has 0 radical (unpaired) electrons. The van der Waals surface area contributed by atoms with Crippen molar-refractivity contribution in [3.63, 3.8) is 0 Å². The van der Waals surface area contributed by atoms with Crippen LogP contribution in [0.4, 0.5) is 0 Å². The van der Waals surface area contributed by atoms with E-state index in [9.17, 15) is 4.79 Å². The molecule has 0 aliphatic heterocycles. The average molecular weight is 279 g/mol. The van der Waals surface area contributed by atoms with E-state index in [1.165, 1.54) is 0 Å². The van der Waals surface area contributed by atoms with Gasteiger partial charge in [0.05, 0.1) is 11.3 Å². The van der Waals surface area contributed by atoms with Crippen LogP contribution in [0.25, 0.3) is 0 Å². The molecule has 0 bridgehead atoms. The van der Waals surface area contributed by atoms with Crippen molar-refractivity contribution in [2.75, 3.05) is 0 Å². The number of aldehydes is 1. The van der Waals surface area contributed by atoms with E-state index in [0.717, 1.165) is 12.0 Å². The molecule has 0 spiro atoms. The van der Waals surface area contributed by atoms with Gasteiger partial charge in [0.15, 0.2) is 14.6 Å². The number of carbonyl (C=O) groups excluding carboxylic acids is 1. The summed E-state index contributed by atoms with van der Waals surface area (Å²) in [7, 11) is -1.85. The minimum absolute atomic E-state index is 0.160. The molecular weight excluding hydrogens is 254 g/mol. The fraction of sp³-hybridized carbons (Fsp3) is 0.600. The summed E-state index contributed by atoms with van der Waals surface area (Å²) in [6, 6.07) is 3.66. The van der Waals surface area contributed by atoms with Gasteiger partial charge in [-0.3, -0.25) is 9.78 Å². The third-order valence-corrected chi connectivity index (χ3v) is 8.49. The second kappa shape index (κ2) is 5.17. The first-order valence-electron chi connectivity index (χ1n) is 6.61. The van der Waals surface area contributed by atoms with E-state index >= 15 is 0 Å². The first-order chi connectivity index (χ1) is 8.49. The van der Waals surface area contributed by atoms with Gasteiger partial charge >= 0.3 is 0 Å². The van der Waals surface area contributed by atoms with Crippen LogP contribution in [0.2, 0.25) is 18.1 Å². The van der Waals surface area contributed by atoms with Crippen LogP contribution in [0.5, 0.6) is 0 Å². The largest absolute Gasteiger partial charge is 0.406 e. The number of nitrogens with zero attached hydrogens (tertiary/aromatic N) is 1. The second-order valence-corrected chi connectivity index (χ2v) is 11.7. The predicted molar refractivity (Wildman–Crippen MR) is 80.9 cm³/mol. The molecule has 1 heterocycles. The molecule has 106 valence electrons. The highest BCUT2D eigenvalue weighted by Gasteiger charge is 2.42. The predicted octanol–water partition coefficient (Wildman–Crippen LogP) is 4.15. The number of carbonyl (C=O) groups is 1. The normalized spacial score (nSPS) is 13.4. The smallest absolute Gasteiger partial charge is 0.193 e. The zero-order valence-corrected chi connectivity index (χ0v) is 14.1. The van der Waals surface area contributed by atoms with Crippen LogP contribution in [0.1, 0.15) is 50.7 Å². The summed E-state index contributed by atoms with van der Waals surface area (Å²) in [5.41, 5.74) is 1.01. The molecule has 3 nitrogen and oxygen atoms in total. The van der Waals surface area contributed by atoms with Gasteiger partial charge in [0, 0.05) is 11.8 Å². The Labute approximate surface area is 117 Å². The fourth-order valence-corrected chi connectivity index (χ4v) is 3.36. The van der Waals surface area contributed by atoms with E-state index in [1.807, 2.05) is 19.9 Å². The van der Waals surface area contributed by atoms with Gasteiger partial charge in [-0.15, -0.1) is 0 Å². The van der Waals surface area contributed by atoms with E-state index in [2.05, 4.69) is 38.8 Å². The topological polar surface area (TPSA) is 39.2 Å². The number of hydrogen-bond donors (Lipinski definition) is 0. The molecule has 1 rings (SSSR count). The van der Waals surface area contributed by atoms with Crippen LogP contribution in [-0.4, -0.2) is 19.6 Å². The van der Waals surface area contributed by atoms with Crippen LogP contribution in [0.15, 0.2) is 18.3 Å². The number of aromatic nitrogens is 1. The van der Waals surface area contributed by atoms with Gasteiger partial charge in [-0.2, -0.15) is 0 Å². The maximum atomic E-state index is 10.7. The highest BCUT2D eigenvalue weighted by molar-refractivity contribution is 6.74. The fourth-order valence-electron chi connectivity index (χ4n) is 1.67. The van der Waals surface area contributed by atoms with Crippen molar-refractivity contribution in [2.45, 2.75) is 58.4 Å². The monoisotopic (exact) mass is 279 g/mol. The summed E-state index contributed by atoms with van der Waals surface area (Å²) >= 11 is 0. The third-order valence-electron chi connectivity index (χ3n) is 3.86. The highest BCUT2D eigenvalue weighted by atomic mass is 28.4. The molecular formula is C15H25NO2Si. The van der Waals surface area contributed by atoms with E-state index in [-0.39, 0.29) is 5.04 Å². The van der Waals surface area contributed by atoms with Crippen LogP contribution in [0, 0.1) is 0 Å². The first kappa shape index (κ1) is 16.1. The average Bonchev–Trinajstić information content (AvgIpc) is 2.26. The first-order valence-corrected chi connectivity index (χ1v) is 9.52. The standard InChI is InChI=1S/C15H25NO2Si/c1-14(2,3)19(6,7)18-15(4,5)13-9-8-12(11-17)10-16-13/h8-11H,1-7H3. The van der Waals surface area contributed by atoms with Crippen LogP contribution in [-0.2, 0) is 10.0 Å². The Hall–Kier alpha value is -1.00. The molecule has 0 saturated heterocycles. The van der Waals surface area contributed by atoms with Crippen molar-refractivity contribution >= 4 is 14.6 Å². The number of hydrogen-bond acceptors (Lipinski definition) is 3. The van der Waals surface area contributed by atoms with Gasteiger partial charge in [0.1, 0.15) is 0 Å². The van der Waals surface area contributed by atoms with Gasteiger partial charge in [-0.25, -0.2) is 0 Å². The Balaban J connectivity index is 3.00. The summed E-state index contributed by atoms with van der Waals surface area (Å²) in [5, 5.41) is 0.160. The SMILES string of the molecule is CC(C)(O[Si](C)(C)C(C)(C)C)c1ccc(C=O)cn1. The van der Waals surface area contributed by atoms with Gasteiger partial charge in [0.25, 0.3) is 0 Å². The molecule has 4 heteroatoms. The summed E-state index contributed by atoms with van der Waals surface area (Å²) in [6.45, 7) is 15.2. The lowest BCUT2D eigenvalue weighted by atomic mass is 10.0. The minimum atomic E-state index is -1.85. The second-order valence-electron chi connectivity index (χ2n) is 6.97. The van der Waals surface area contributed by atoms with Crippen molar-refractivity contribution in [3.8, 4) is 0 Å².